The van der Waals surface area contributed by atoms with Gasteiger partial charge in [0.05, 0.1) is 13.2 Å². The summed E-state index contributed by atoms with van der Waals surface area (Å²) in [6.45, 7) is 4.16. The number of carbonyl (C=O) groups is 1. The molecule has 19 heavy (non-hydrogen) atoms. The van der Waals surface area contributed by atoms with E-state index in [1.807, 2.05) is 36.2 Å². The number of esters is 1. The standard InChI is InChI=1S/C14H22N2O3/c1-3-18-14(17)11-16(2)7-8-19-13-6-4-5-12(9-13)10-15/h4-6,9H,3,7-8,10-11,15H2,1-2H3. The van der Waals surface area contributed by atoms with E-state index in [-0.39, 0.29) is 12.5 Å². The van der Waals surface area contributed by atoms with Crippen LogP contribution in [0.4, 0.5) is 0 Å². The first kappa shape index (κ1) is 15.5. The predicted molar refractivity (Wildman–Crippen MR) is 74.0 cm³/mol. The molecule has 0 aliphatic heterocycles. The van der Waals surface area contributed by atoms with Gasteiger partial charge in [0.25, 0.3) is 0 Å². The van der Waals surface area contributed by atoms with Crippen LogP contribution in [0.15, 0.2) is 24.3 Å². The Hall–Kier alpha value is -1.59. The molecule has 0 saturated heterocycles. The summed E-state index contributed by atoms with van der Waals surface area (Å²) in [5.74, 6) is 0.586. The number of carbonyl (C=O) groups excluding carboxylic acids is 1. The van der Waals surface area contributed by atoms with Crippen LogP contribution in [0.5, 0.6) is 5.75 Å². The van der Waals surface area contributed by atoms with Crippen LogP contribution in [0, 0.1) is 0 Å². The van der Waals surface area contributed by atoms with Gasteiger partial charge < -0.3 is 15.2 Å². The van der Waals surface area contributed by atoms with Crippen molar-refractivity contribution in [2.45, 2.75) is 13.5 Å². The smallest absolute Gasteiger partial charge is 0.320 e. The molecule has 0 aliphatic carbocycles. The molecule has 5 nitrogen and oxygen atoms in total. The molecular weight excluding hydrogens is 244 g/mol. The number of rotatable bonds is 8. The Balaban J connectivity index is 2.27. The second kappa shape index (κ2) is 8.50. The van der Waals surface area contributed by atoms with E-state index in [2.05, 4.69) is 0 Å². The van der Waals surface area contributed by atoms with Crippen molar-refractivity contribution >= 4 is 5.97 Å². The van der Waals surface area contributed by atoms with Crippen molar-refractivity contribution in [1.82, 2.24) is 4.90 Å². The third-order valence-corrected chi connectivity index (χ3v) is 2.58. The third-order valence-electron chi connectivity index (χ3n) is 2.58. The van der Waals surface area contributed by atoms with Gasteiger partial charge in [0, 0.05) is 13.1 Å². The second-order valence-corrected chi connectivity index (χ2v) is 4.24. The highest BCUT2D eigenvalue weighted by Crippen LogP contribution is 2.12. The molecule has 2 N–H and O–H groups in total. The van der Waals surface area contributed by atoms with Crippen molar-refractivity contribution in [3.8, 4) is 5.75 Å². The summed E-state index contributed by atoms with van der Waals surface area (Å²) in [6, 6.07) is 7.69. The maximum atomic E-state index is 11.3. The van der Waals surface area contributed by atoms with Crippen LogP contribution in [-0.2, 0) is 16.1 Å². The summed E-state index contributed by atoms with van der Waals surface area (Å²) in [6.07, 6.45) is 0. The summed E-state index contributed by atoms with van der Waals surface area (Å²) in [4.78, 5) is 13.1. The summed E-state index contributed by atoms with van der Waals surface area (Å²) in [5.41, 5.74) is 6.60. The van der Waals surface area contributed by atoms with Gasteiger partial charge in [-0.05, 0) is 31.7 Å². The predicted octanol–water partition coefficient (Wildman–Crippen LogP) is 1.02. The van der Waals surface area contributed by atoms with E-state index in [0.29, 0.717) is 26.3 Å². The number of hydrogen-bond donors (Lipinski definition) is 1. The van der Waals surface area contributed by atoms with Crippen molar-refractivity contribution in [3.05, 3.63) is 29.8 Å². The molecule has 0 fully saturated rings. The topological polar surface area (TPSA) is 64.8 Å². The van der Waals surface area contributed by atoms with Crippen LogP contribution in [0.25, 0.3) is 0 Å². The van der Waals surface area contributed by atoms with Gasteiger partial charge in [-0.1, -0.05) is 12.1 Å². The minimum absolute atomic E-state index is 0.213. The van der Waals surface area contributed by atoms with Gasteiger partial charge in [-0.2, -0.15) is 0 Å². The van der Waals surface area contributed by atoms with Crippen molar-refractivity contribution in [3.63, 3.8) is 0 Å². The largest absolute Gasteiger partial charge is 0.492 e. The SMILES string of the molecule is CCOC(=O)CN(C)CCOc1cccc(CN)c1. The number of nitrogens with two attached hydrogens (primary N) is 1. The Labute approximate surface area is 114 Å². The number of hydrogen-bond acceptors (Lipinski definition) is 5. The van der Waals surface area contributed by atoms with E-state index in [9.17, 15) is 4.79 Å². The Morgan fingerprint density at radius 2 is 2.21 bits per heavy atom. The van der Waals surface area contributed by atoms with Gasteiger partial charge in [-0.15, -0.1) is 0 Å². The van der Waals surface area contributed by atoms with Crippen molar-refractivity contribution in [1.29, 1.82) is 0 Å². The number of likely N-dealkylation sites (N-methyl/N-ethyl adjacent to an activating group) is 1. The fourth-order valence-corrected chi connectivity index (χ4v) is 1.59. The van der Waals surface area contributed by atoms with Gasteiger partial charge in [0.15, 0.2) is 0 Å². The molecule has 0 amide bonds. The molecule has 1 rings (SSSR count). The molecule has 0 saturated carbocycles. The molecular formula is C14H22N2O3. The Morgan fingerprint density at radius 3 is 2.89 bits per heavy atom. The van der Waals surface area contributed by atoms with E-state index >= 15 is 0 Å². The van der Waals surface area contributed by atoms with Crippen LogP contribution in [0.2, 0.25) is 0 Å². The van der Waals surface area contributed by atoms with Crippen LogP contribution >= 0.6 is 0 Å². The molecule has 0 heterocycles. The van der Waals surface area contributed by atoms with Gasteiger partial charge in [-0.25, -0.2) is 0 Å². The molecule has 1 aromatic rings. The molecule has 0 aliphatic rings. The lowest BCUT2D eigenvalue weighted by Crippen LogP contribution is -2.31. The van der Waals surface area contributed by atoms with Crippen LogP contribution in [0.3, 0.4) is 0 Å². The van der Waals surface area contributed by atoms with E-state index in [1.54, 1.807) is 6.92 Å². The second-order valence-electron chi connectivity index (χ2n) is 4.24. The first-order valence-corrected chi connectivity index (χ1v) is 6.41. The monoisotopic (exact) mass is 266 g/mol. The van der Waals surface area contributed by atoms with Gasteiger partial charge in [0.1, 0.15) is 12.4 Å². The summed E-state index contributed by atoms with van der Waals surface area (Å²) in [5, 5.41) is 0. The lowest BCUT2D eigenvalue weighted by Gasteiger charge is -2.16. The zero-order chi connectivity index (χ0) is 14.1. The maximum Gasteiger partial charge on any atom is 0.320 e. The molecule has 0 aromatic heterocycles. The average molecular weight is 266 g/mol. The molecule has 0 unspecified atom stereocenters. The van der Waals surface area contributed by atoms with E-state index in [4.69, 9.17) is 15.2 Å². The van der Waals surface area contributed by atoms with Gasteiger partial charge >= 0.3 is 5.97 Å². The number of benzene rings is 1. The maximum absolute atomic E-state index is 11.3. The quantitative estimate of drug-likeness (QED) is 0.712. The van der Waals surface area contributed by atoms with Gasteiger partial charge in [-0.3, -0.25) is 9.69 Å². The first-order valence-electron chi connectivity index (χ1n) is 6.41. The van der Waals surface area contributed by atoms with Crippen molar-refractivity contribution in [2.24, 2.45) is 5.73 Å². The summed E-state index contributed by atoms with van der Waals surface area (Å²) >= 11 is 0. The highest BCUT2D eigenvalue weighted by Gasteiger charge is 2.06. The van der Waals surface area contributed by atoms with Crippen molar-refractivity contribution < 1.29 is 14.3 Å². The highest BCUT2D eigenvalue weighted by atomic mass is 16.5. The lowest BCUT2D eigenvalue weighted by molar-refractivity contribution is -0.144. The Bertz CT molecular complexity index is 396. The third kappa shape index (κ3) is 6.22. The molecule has 0 bridgehead atoms. The molecule has 106 valence electrons. The number of ether oxygens (including phenoxy) is 2. The molecule has 5 heteroatoms. The highest BCUT2D eigenvalue weighted by molar-refractivity contribution is 5.71. The first-order chi connectivity index (χ1) is 9.15. The summed E-state index contributed by atoms with van der Waals surface area (Å²) < 4.78 is 10.5. The number of nitrogens with zero attached hydrogens (tertiary/aromatic N) is 1. The molecule has 0 radical (unpaired) electrons. The Kier molecular flexibility index (Phi) is 6.92. The fourth-order valence-electron chi connectivity index (χ4n) is 1.59. The minimum atomic E-state index is -0.213. The Morgan fingerprint density at radius 1 is 1.42 bits per heavy atom. The van der Waals surface area contributed by atoms with Crippen LogP contribution < -0.4 is 10.5 Å². The fraction of sp³-hybridized carbons (Fsp3) is 0.500. The van der Waals surface area contributed by atoms with E-state index < -0.39 is 0 Å². The normalized spacial score (nSPS) is 10.5. The summed E-state index contributed by atoms with van der Waals surface area (Å²) in [7, 11) is 1.86. The zero-order valence-corrected chi connectivity index (χ0v) is 11.6. The molecule has 0 spiro atoms. The van der Waals surface area contributed by atoms with E-state index in [1.165, 1.54) is 0 Å². The zero-order valence-electron chi connectivity index (χ0n) is 11.6. The van der Waals surface area contributed by atoms with Crippen molar-refractivity contribution in [2.75, 3.05) is 33.4 Å². The van der Waals surface area contributed by atoms with Gasteiger partial charge in [0.2, 0.25) is 0 Å². The average Bonchev–Trinajstić information content (AvgIpc) is 2.39. The minimum Gasteiger partial charge on any atom is -0.492 e. The molecule has 0 atom stereocenters. The lowest BCUT2D eigenvalue weighted by atomic mass is 10.2. The van der Waals surface area contributed by atoms with E-state index in [0.717, 1.165) is 11.3 Å². The molecule has 1 aromatic carbocycles. The van der Waals surface area contributed by atoms with Crippen LogP contribution in [0.1, 0.15) is 12.5 Å². The van der Waals surface area contributed by atoms with Crippen LogP contribution in [-0.4, -0.2) is 44.2 Å².